The van der Waals surface area contributed by atoms with Crippen LogP contribution in [0.25, 0.3) is 0 Å². The molecule has 0 aromatic heterocycles. The average molecular weight is 562 g/mol. The van der Waals surface area contributed by atoms with Crippen molar-refractivity contribution < 1.29 is 32.4 Å². The largest absolute Gasteiger partial charge is 0.482 e. The highest BCUT2D eigenvalue weighted by Gasteiger charge is 2.45. The van der Waals surface area contributed by atoms with Gasteiger partial charge in [0.2, 0.25) is 0 Å². The van der Waals surface area contributed by atoms with Crippen LogP contribution >= 0.6 is 57.1 Å². The van der Waals surface area contributed by atoms with E-state index in [4.69, 9.17) is 63.5 Å². The number of hydrogen-bond donors (Lipinski definition) is 0. The summed E-state index contributed by atoms with van der Waals surface area (Å²) in [5, 5.41) is 0. The van der Waals surface area contributed by atoms with Gasteiger partial charge < -0.3 is 18.5 Å². The van der Waals surface area contributed by atoms with Crippen LogP contribution in [0.5, 0.6) is 23.0 Å². The fourth-order valence-electron chi connectivity index (χ4n) is 3.95. The maximum Gasteiger partial charge on any atom is 0.428 e. The molecule has 0 aliphatic carbocycles. The van der Waals surface area contributed by atoms with Crippen LogP contribution in [0.2, 0.25) is 0 Å². The molecule has 0 bridgehead atoms. The topological polar surface area (TPSA) is 88.1 Å². The van der Waals surface area contributed by atoms with Crippen molar-refractivity contribution in [2.45, 2.75) is 38.2 Å². The second-order valence-corrected chi connectivity index (χ2v) is 16.3. The van der Waals surface area contributed by atoms with Gasteiger partial charge in [-0.25, -0.2) is 9.13 Å². The van der Waals surface area contributed by atoms with Gasteiger partial charge in [-0.2, -0.15) is 0 Å². The zero-order chi connectivity index (χ0) is 23.9. The zero-order valence-electron chi connectivity index (χ0n) is 17.0. The molecule has 32 heavy (non-hydrogen) atoms. The van der Waals surface area contributed by atoms with Crippen LogP contribution in [0.15, 0.2) is 36.4 Å². The molecular weight excluding hydrogens is 544 g/mol. The molecule has 174 valence electrons. The summed E-state index contributed by atoms with van der Waals surface area (Å²) in [6.07, 6.45) is -7.49. The van der Waals surface area contributed by atoms with Gasteiger partial charge in [0.25, 0.3) is 6.47 Å². The Hall–Kier alpha value is -1.07. The summed E-state index contributed by atoms with van der Waals surface area (Å²) in [6, 6.07) is 9.39. The number of rotatable bonds is 7. The molecule has 0 saturated heterocycles. The summed E-state index contributed by atoms with van der Waals surface area (Å²) < 4.78 is 45.3. The lowest BCUT2D eigenvalue weighted by atomic mass is 9.71. The smallest absolute Gasteiger partial charge is 0.428 e. The van der Waals surface area contributed by atoms with Crippen molar-refractivity contribution in [3.8, 4) is 23.0 Å². The average Bonchev–Trinajstić information content (AvgIpc) is 2.58. The van der Waals surface area contributed by atoms with Crippen molar-refractivity contribution in [3.05, 3.63) is 47.5 Å². The molecule has 0 fully saturated rings. The number of carbonyl (C=O) groups excluding carboxylic acids is 1. The maximum atomic E-state index is 12.0. The van der Waals surface area contributed by atoms with Gasteiger partial charge in [0.05, 0.1) is 0 Å². The number of carbonyl (C=O) groups is 1. The number of benzene rings is 2. The first-order valence-corrected chi connectivity index (χ1v) is 16.0. The molecule has 0 amide bonds. The van der Waals surface area contributed by atoms with Crippen LogP contribution in [-0.2, 0) is 24.9 Å². The van der Waals surface area contributed by atoms with Crippen LogP contribution in [0, 0.1) is 0 Å². The van der Waals surface area contributed by atoms with E-state index in [0.717, 1.165) is 5.56 Å². The summed E-state index contributed by atoms with van der Waals surface area (Å²) in [7, 11) is 0. The molecule has 3 rings (SSSR count). The van der Waals surface area contributed by atoms with E-state index in [1.807, 2.05) is 19.9 Å². The van der Waals surface area contributed by atoms with Crippen LogP contribution in [-0.4, -0.2) is 6.47 Å². The lowest BCUT2D eigenvalue weighted by Gasteiger charge is -2.45. The van der Waals surface area contributed by atoms with Crippen molar-refractivity contribution in [3.63, 3.8) is 0 Å². The predicted molar refractivity (Wildman–Crippen MR) is 125 cm³/mol. The van der Waals surface area contributed by atoms with E-state index >= 15 is 0 Å². The summed E-state index contributed by atoms with van der Waals surface area (Å²) in [4.78, 5) is 10.7. The predicted octanol–water partition coefficient (Wildman–Crippen LogP) is 8.13. The molecule has 2 aromatic rings. The van der Waals surface area contributed by atoms with Crippen LogP contribution in [0.4, 0.5) is 0 Å². The third kappa shape index (κ3) is 6.08. The van der Waals surface area contributed by atoms with E-state index in [9.17, 15) is 13.9 Å². The highest BCUT2D eigenvalue weighted by Crippen LogP contribution is 2.61. The highest BCUT2D eigenvalue weighted by atomic mass is 35.9. The quantitative estimate of drug-likeness (QED) is 0.249. The van der Waals surface area contributed by atoms with Gasteiger partial charge in [0, 0.05) is 74.6 Å². The third-order valence-corrected chi connectivity index (χ3v) is 6.58. The van der Waals surface area contributed by atoms with Crippen molar-refractivity contribution >= 4 is 63.6 Å². The maximum absolute atomic E-state index is 12.0. The fraction of sp³-hybridized carbons (Fsp3) is 0.316. The van der Waals surface area contributed by atoms with E-state index in [1.165, 1.54) is 12.1 Å². The Balaban J connectivity index is 2.12. The first-order chi connectivity index (χ1) is 14.6. The van der Waals surface area contributed by atoms with Gasteiger partial charge in [0.15, 0.2) is 0 Å². The number of ether oxygens (including phenoxy) is 2. The van der Waals surface area contributed by atoms with Crippen molar-refractivity contribution in [1.82, 2.24) is 0 Å². The Morgan fingerprint density at radius 2 is 1.50 bits per heavy atom. The molecule has 0 N–H and O–H groups in total. The summed E-state index contributed by atoms with van der Waals surface area (Å²) >= 11 is 22.3. The first-order valence-electron chi connectivity index (χ1n) is 9.08. The van der Waals surface area contributed by atoms with Gasteiger partial charge in [-0.05, 0) is 30.5 Å². The Morgan fingerprint density at radius 1 is 0.906 bits per heavy atom. The van der Waals surface area contributed by atoms with Crippen LogP contribution in [0.1, 0.15) is 38.3 Å². The molecule has 0 spiro atoms. The monoisotopic (exact) mass is 560 g/mol. The minimum atomic E-state index is -4.04. The summed E-state index contributed by atoms with van der Waals surface area (Å²) in [5.41, 5.74) is -0.0760. The molecule has 1 atom stereocenters. The van der Waals surface area contributed by atoms with E-state index < -0.39 is 17.7 Å². The Labute approximate surface area is 204 Å². The molecule has 13 heteroatoms. The second-order valence-electron chi connectivity index (χ2n) is 7.94. The molecule has 1 aliphatic heterocycles. The van der Waals surface area contributed by atoms with E-state index in [1.54, 1.807) is 25.1 Å². The molecule has 7 nitrogen and oxygen atoms in total. The molecule has 1 heterocycles. The second kappa shape index (κ2) is 8.94. The molecule has 0 radical (unpaired) electrons. The minimum Gasteiger partial charge on any atom is -0.482 e. The van der Waals surface area contributed by atoms with Gasteiger partial charge in [-0.3, -0.25) is 4.79 Å². The third-order valence-electron chi connectivity index (χ3n) is 4.92. The fourth-order valence-corrected chi connectivity index (χ4v) is 5.61. The first kappa shape index (κ1) is 25.6. The Morgan fingerprint density at radius 3 is 2.09 bits per heavy atom. The summed E-state index contributed by atoms with van der Waals surface area (Å²) in [6.45, 7) is 6.17. The van der Waals surface area contributed by atoms with Crippen molar-refractivity contribution in [2.24, 2.45) is 0 Å². The van der Waals surface area contributed by atoms with E-state index in [0.29, 0.717) is 30.0 Å². The van der Waals surface area contributed by atoms with Gasteiger partial charge >= 0.3 is 12.1 Å². The standard InChI is InChI=1S/C19H18Cl4O7P2/c1-18(2)10-19(3,28-16-8-12(27-11-24)4-6-14(16)18)15-7-5-13(29-31(20,21)25)9-17(15)30-32(22,23)26/h4-9,11H,10H2,1-3H3. The lowest BCUT2D eigenvalue weighted by molar-refractivity contribution is -0.120. The Kier molecular flexibility index (Phi) is 7.14. The highest BCUT2D eigenvalue weighted by molar-refractivity contribution is 8.05. The van der Waals surface area contributed by atoms with Crippen molar-refractivity contribution in [2.75, 3.05) is 0 Å². The molecule has 1 unspecified atom stereocenters. The number of fused-ring (bicyclic) bond motifs is 1. The lowest BCUT2D eigenvalue weighted by Crippen LogP contribution is -2.41. The zero-order valence-corrected chi connectivity index (χ0v) is 21.8. The van der Waals surface area contributed by atoms with Gasteiger partial charge in [0.1, 0.15) is 28.6 Å². The number of hydrogen-bond acceptors (Lipinski definition) is 7. The van der Waals surface area contributed by atoms with Gasteiger partial charge in [-0.15, -0.1) is 0 Å². The Bertz CT molecular complexity index is 1140. The van der Waals surface area contributed by atoms with Crippen molar-refractivity contribution in [1.29, 1.82) is 0 Å². The molecule has 1 aliphatic rings. The summed E-state index contributed by atoms with van der Waals surface area (Å²) in [5.74, 6) is 0.754. The van der Waals surface area contributed by atoms with E-state index in [2.05, 4.69) is 0 Å². The minimum absolute atomic E-state index is 0.0143. The molecule has 0 saturated carbocycles. The van der Waals surface area contributed by atoms with Crippen LogP contribution < -0.4 is 18.5 Å². The van der Waals surface area contributed by atoms with Gasteiger partial charge in [-0.1, -0.05) is 19.9 Å². The normalized spacial score (nSPS) is 20.0. The van der Waals surface area contributed by atoms with E-state index in [-0.39, 0.29) is 16.9 Å². The molecular formula is C19H18Cl4O7P2. The van der Waals surface area contributed by atoms with Crippen LogP contribution in [0.3, 0.4) is 0 Å². The SMILES string of the molecule is CC1(C)CC(C)(c2ccc(OP(=O)(Cl)Cl)cc2OP(=O)(Cl)Cl)Oc2cc(OC=O)ccc21. The molecule has 2 aromatic carbocycles. The number of halogens is 4.